The fourth-order valence-electron chi connectivity index (χ4n) is 1.01. The molecule has 0 spiro atoms. The second kappa shape index (κ2) is 4.90. The SMILES string of the molecule is N#CCN(N)/C=C(\N)c1ccccc1. The van der Waals surface area contributed by atoms with Gasteiger partial charge in [0, 0.05) is 6.20 Å². The lowest BCUT2D eigenvalue weighted by atomic mass is 10.2. The predicted octanol–water partition coefficient (Wildman–Crippen LogP) is 0.643. The van der Waals surface area contributed by atoms with Crippen LogP contribution >= 0.6 is 0 Å². The fourth-order valence-corrected chi connectivity index (χ4v) is 1.01. The summed E-state index contributed by atoms with van der Waals surface area (Å²) in [5.41, 5.74) is 7.19. The first kappa shape index (κ1) is 10.1. The standard InChI is InChI=1S/C10H12N4/c11-6-7-14(13)8-10(12)9-4-2-1-3-5-9/h1-5,8H,7,12-13H2/b10-8-. The van der Waals surface area contributed by atoms with Gasteiger partial charge in [-0.05, 0) is 5.56 Å². The van der Waals surface area contributed by atoms with Gasteiger partial charge in [-0.25, -0.2) is 5.84 Å². The second-order valence-corrected chi connectivity index (χ2v) is 2.78. The van der Waals surface area contributed by atoms with Gasteiger partial charge in [0.1, 0.15) is 6.54 Å². The summed E-state index contributed by atoms with van der Waals surface area (Å²) in [5.74, 6) is 5.48. The third-order valence-electron chi connectivity index (χ3n) is 1.67. The minimum atomic E-state index is 0.119. The summed E-state index contributed by atoms with van der Waals surface area (Å²) < 4.78 is 0. The van der Waals surface area contributed by atoms with Crippen LogP contribution in [0, 0.1) is 11.3 Å². The zero-order valence-corrected chi connectivity index (χ0v) is 7.72. The fraction of sp³-hybridized carbons (Fsp3) is 0.100. The highest BCUT2D eigenvalue weighted by molar-refractivity contribution is 5.61. The molecule has 0 aliphatic carbocycles. The third kappa shape index (κ3) is 2.81. The lowest BCUT2D eigenvalue weighted by molar-refractivity contribution is 0.444. The van der Waals surface area contributed by atoms with Crippen molar-refractivity contribution in [1.82, 2.24) is 5.01 Å². The highest BCUT2D eigenvalue weighted by Crippen LogP contribution is 2.07. The molecule has 0 aliphatic rings. The Bertz CT molecular complexity index is 350. The zero-order chi connectivity index (χ0) is 10.4. The van der Waals surface area contributed by atoms with Gasteiger partial charge in [-0.15, -0.1) is 0 Å². The maximum Gasteiger partial charge on any atom is 0.120 e. The van der Waals surface area contributed by atoms with E-state index in [1.807, 2.05) is 36.4 Å². The second-order valence-electron chi connectivity index (χ2n) is 2.78. The van der Waals surface area contributed by atoms with E-state index in [9.17, 15) is 0 Å². The highest BCUT2D eigenvalue weighted by Gasteiger charge is 1.96. The summed E-state index contributed by atoms with van der Waals surface area (Å²) in [6.07, 6.45) is 1.54. The molecular weight excluding hydrogens is 176 g/mol. The van der Waals surface area contributed by atoms with E-state index in [1.54, 1.807) is 6.20 Å². The molecular formula is C10H12N4. The third-order valence-corrected chi connectivity index (χ3v) is 1.67. The van der Waals surface area contributed by atoms with Crippen molar-refractivity contribution in [1.29, 1.82) is 5.26 Å². The number of hydrogen-bond acceptors (Lipinski definition) is 4. The molecule has 0 amide bonds. The average Bonchev–Trinajstić information content (AvgIpc) is 2.19. The van der Waals surface area contributed by atoms with E-state index >= 15 is 0 Å². The quantitative estimate of drug-likeness (QED) is 0.414. The molecule has 0 saturated carbocycles. The first-order valence-electron chi connectivity index (χ1n) is 4.15. The van der Waals surface area contributed by atoms with Crippen LogP contribution in [0.1, 0.15) is 5.56 Å². The van der Waals surface area contributed by atoms with Crippen LogP contribution in [-0.4, -0.2) is 11.6 Å². The van der Waals surface area contributed by atoms with Crippen molar-refractivity contribution in [2.24, 2.45) is 11.6 Å². The molecule has 4 nitrogen and oxygen atoms in total. The van der Waals surface area contributed by atoms with Crippen molar-refractivity contribution in [2.75, 3.05) is 6.54 Å². The summed E-state index contributed by atoms with van der Waals surface area (Å²) in [4.78, 5) is 0. The number of rotatable bonds is 3. The van der Waals surface area contributed by atoms with Crippen LogP contribution < -0.4 is 11.6 Å². The van der Waals surface area contributed by atoms with Gasteiger partial charge in [-0.2, -0.15) is 5.26 Å². The monoisotopic (exact) mass is 188 g/mol. The summed E-state index contributed by atoms with van der Waals surface area (Å²) >= 11 is 0. The molecule has 0 heterocycles. The van der Waals surface area contributed by atoms with Gasteiger partial charge < -0.3 is 10.7 Å². The Hall–Kier alpha value is -1.99. The van der Waals surface area contributed by atoms with Crippen LogP contribution in [0.3, 0.4) is 0 Å². The first-order valence-corrected chi connectivity index (χ1v) is 4.15. The van der Waals surface area contributed by atoms with Crippen LogP contribution in [0.15, 0.2) is 36.5 Å². The van der Waals surface area contributed by atoms with Crippen LogP contribution in [0.4, 0.5) is 0 Å². The molecule has 1 aromatic rings. The van der Waals surface area contributed by atoms with E-state index in [1.165, 1.54) is 5.01 Å². The lowest BCUT2D eigenvalue weighted by Gasteiger charge is -2.10. The molecule has 1 aromatic carbocycles. The molecule has 14 heavy (non-hydrogen) atoms. The van der Waals surface area contributed by atoms with Crippen LogP contribution in [0.25, 0.3) is 5.70 Å². The number of nitrogens with two attached hydrogens (primary N) is 2. The van der Waals surface area contributed by atoms with E-state index < -0.39 is 0 Å². The first-order chi connectivity index (χ1) is 6.74. The summed E-state index contributed by atoms with van der Waals surface area (Å²) in [7, 11) is 0. The van der Waals surface area contributed by atoms with Crippen molar-refractivity contribution in [2.45, 2.75) is 0 Å². The van der Waals surface area contributed by atoms with Gasteiger partial charge in [0.2, 0.25) is 0 Å². The maximum atomic E-state index is 8.38. The molecule has 0 aliphatic heterocycles. The normalized spacial score (nSPS) is 10.7. The number of nitrogens with zero attached hydrogens (tertiary/aromatic N) is 2. The van der Waals surface area contributed by atoms with Crippen molar-refractivity contribution in [3.63, 3.8) is 0 Å². The van der Waals surface area contributed by atoms with Crippen LogP contribution in [0.2, 0.25) is 0 Å². The Morgan fingerprint density at radius 3 is 2.64 bits per heavy atom. The summed E-state index contributed by atoms with van der Waals surface area (Å²) in [6, 6.07) is 11.4. The zero-order valence-electron chi connectivity index (χ0n) is 7.72. The molecule has 0 unspecified atom stereocenters. The van der Waals surface area contributed by atoms with E-state index in [4.69, 9.17) is 16.8 Å². The molecule has 72 valence electrons. The number of hydrogen-bond donors (Lipinski definition) is 2. The molecule has 0 radical (unpaired) electrons. The molecule has 4 N–H and O–H groups in total. The Labute approximate surface area is 83.0 Å². The minimum Gasteiger partial charge on any atom is -0.397 e. The van der Waals surface area contributed by atoms with Crippen molar-refractivity contribution < 1.29 is 0 Å². The van der Waals surface area contributed by atoms with E-state index in [0.29, 0.717) is 5.70 Å². The number of hydrazine groups is 1. The lowest BCUT2D eigenvalue weighted by Crippen LogP contribution is -2.26. The van der Waals surface area contributed by atoms with E-state index in [0.717, 1.165) is 5.56 Å². The smallest absolute Gasteiger partial charge is 0.120 e. The summed E-state index contributed by atoms with van der Waals surface area (Å²) in [5, 5.41) is 9.63. The van der Waals surface area contributed by atoms with Gasteiger partial charge >= 0.3 is 0 Å². The predicted molar refractivity (Wildman–Crippen MR) is 55.1 cm³/mol. The maximum absolute atomic E-state index is 8.38. The Balaban J connectivity index is 2.76. The van der Waals surface area contributed by atoms with E-state index in [2.05, 4.69) is 0 Å². The van der Waals surface area contributed by atoms with Gasteiger partial charge in [0.15, 0.2) is 0 Å². The van der Waals surface area contributed by atoms with Crippen molar-refractivity contribution in [3.05, 3.63) is 42.1 Å². The molecule has 0 bridgehead atoms. The van der Waals surface area contributed by atoms with Crippen molar-refractivity contribution in [3.8, 4) is 6.07 Å². The highest BCUT2D eigenvalue weighted by atomic mass is 15.4. The molecule has 4 heteroatoms. The number of nitriles is 1. The molecule has 0 aromatic heterocycles. The summed E-state index contributed by atoms with van der Waals surface area (Å²) in [6.45, 7) is 0.119. The topological polar surface area (TPSA) is 79.1 Å². The van der Waals surface area contributed by atoms with Crippen LogP contribution in [-0.2, 0) is 0 Å². The molecule has 0 atom stereocenters. The average molecular weight is 188 g/mol. The van der Waals surface area contributed by atoms with E-state index in [-0.39, 0.29) is 6.54 Å². The molecule has 1 rings (SSSR count). The Kier molecular flexibility index (Phi) is 3.53. The Morgan fingerprint density at radius 1 is 1.43 bits per heavy atom. The Morgan fingerprint density at radius 2 is 2.07 bits per heavy atom. The van der Waals surface area contributed by atoms with Gasteiger partial charge in [-0.1, -0.05) is 30.3 Å². The molecule has 0 fully saturated rings. The minimum absolute atomic E-state index is 0.119. The van der Waals surface area contributed by atoms with Gasteiger partial charge in [-0.3, -0.25) is 0 Å². The van der Waals surface area contributed by atoms with Crippen molar-refractivity contribution >= 4 is 5.70 Å². The van der Waals surface area contributed by atoms with Crippen LogP contribution in [0.5, 0.6) is 0 Å². The largest absolute Gasteiger partial charge is 0.397 e. The van der Waals surface area contributed by atoms with Gasteiger partial charge in [0.05, 0.1) is 11.8 Å². The number of benzene rings is 1. The molecule has 0 saturated heterocycles. The van der Waals surface area contributed by atoms with Gasteiger partial charge in [0.25, 0.3) is 0 Å².